The Morgan fingerprint density at radius 3 is 1.96 bits per heavy atom. The fraction of sp³-hybridized carbons (Fsp3) is 0.128. The number of carbonyl (C=O) groups is 4. The summed E-state index contributed by atoms with van der Waals surface area (Å²) in [5.74, 6) is -3.19. The van der Waals surface area contributed by atoms with Crippen LogP contribution in [0, 0.1) is 11.8 Å². The van der Waals surface area contributed by atoms with Crippen LogP contribution in [0.5, 0.6) is 0 Å². The number of hydrogen-bond donors (Lipinski definition) is 0. The number of alkyl halides is 1. The number of halogens is 1. The molecule has 2 amide bonds. The molecule has 3 aliphatic carbocycles. The third kappa shape index (κ3) is 4.15. The first-order chi connectivity index (χ1) is 22.4. The summed E-state index contributed by atoms with van der Waals surface area (Å²) in [6.07, 6.45) is 0. The van der Waals surface area contributed by atoms with Crippen molar-refractivity contribution in [2.45, 2.75) is 10.2 Å². The van der Waals surface area contributed by atoms with Crippen molar-refractivity contribution in [3.05, 3.63) is 161 Å². The van der Waals surface area contributed by atoms with Crippen molar-refractivity contribution in [2.24, 2.45) is 11.8 Å². The fourth-order valence-corrected chi connectivity index (χ4v) is 8.69. The summed E-state index contributed by atoms with van der Waals surface area (Å²) in [6, 6.07) is 39.2. The molecule has 0 aromatic heterocycles. The molecule has 5 aromatic carbocycles. The fourth-order valence-electron chi connectivity index (χ4n) is 7.48. The quantitative estimate of drug-likeness (QED) is 0.0822. The number of ether oxygens (including phenoxy) is 1. The number of imide groups is 1. The second kappa shape index (κ2) is 10.7. The van der Waals surface area contributed by atoms with E-state index in [4.69, 9.17) is 4.74 Å². The standard InChI is InChI=1S/C39H26BrNO5/c40-39-30-15-6-4-13-28(30)33(29-14-5-7-16-31(29)39)34-35(39)37(44)41(36(34)43)27-12-8-11-26(21-27)38(45)46-22-32(42)25-19-17-24(18-20-25)23-9-2-1-3-10-23/h1-21,33-35H,22H2/t33?,34-,35-,39?/m0/s1. The number of amides is 2. The third-order valence-corrected chi connectivity index (χ3v) is 10.9. The van der Waals surface area contributed by atoms with Gasteiger partial charge in [-0.05, 0) is 51.6 Å². The van der Waals surface area contributed by atoms with Gasteiger partial charge in [-0.2, -0.15) is 0 Å². The van der Waals surface area contributed by atoms with Gasteiger partial charge in [-0.1, -0.05) is 125 Å². The Labute approximate surface area is 273 Å². The summed E-state index contributed by atoms with van der Waals surface area (Å²) < 4.78 is 4.52. The van der Waals surface area contributed by atoms with Crippen LogP contribution in [0.4, 0.5) is 5.69 Å². The van der Waals surface area contributed by atoms with E-state index in [9.17, 15) is 19.2 Å². The van der Waals surface area contributed by atoms with Crippen molar-refractivity contribution < 1.29 is 23.9 Å². The Hall–Kier alpha value is -5.14. The topological polar surface area (TPSA) is 80.8 Å². The molecule has 1 aliphatic heterocycles. The van der Waals surface area contributed by atoms with E-state index in [1.54, 1.807) is 30.3 Å². The number of anilines is 1. The summed E-state index contributed by atoms with van der Waals surface area (Å²) in [4.78, 5) is 55.6. The number of carbonyl (C=O) groups excluding carboxylic acids is 4. The van der Waals surface area contributed by atoms with Gasteiger partial charge in [-0.3, -0.25) is 14.4 Å². The van der Waals surface area contributed by atoms with Gasteiger partial charge < -0.3 is 4.74 Å². The lowest BCUT2D eigenvalue weighted by atomic mass is 9.55. The lowest BCUT2D eigenvalue weighted by molar-refractivity contribution is -0.122. The first kappa shape index (κ1) is 28.3. The van der Waals surface area contributed by atoms with Crippen molar-refractivity contribution in [3.8, 4) is 11.1 Å². The molecule has 0 unspecified atom stereocenters. The smallest absolute Gasteiger partial charge is 0.338 e. The van der Waals surface area contributed by atoms with Crippen LogP contribution in [0.3, 0.4) is 0 Å². The maximum Gasteiger partial charge on any atom is 0.338 e. The highest BCUT2D eigenvalue weighted by Gasteiger charge is 2.67. The van der Waals surface area contributed by atoms with Crippen molar-refractivity contribution in [1.29, 1.82) is 0 Å². The molecule has 46 heavy (non-hydrogen) atoms. The monoisotopic (exact) mass is 667 g/mol. The van der Waals surface area contributed by atoms with E-state index in [-0.39, 0.29) is 29.1 Å². The van der Waals surface area contributed by atoms with Gasteiger partial charge in [0.05, 0.1) is 27.4 Å². The van der Waals surface area contributed by atoms with E-state index in [0.29, 0.717) is 11.3 Å². The summed E-state index contributed by atoms with van der Waals surface area (Å²) in [6.45, 7) is -0.441. The van der Waals surface area contributed by atoms with E-state index >= 15 is 0 Å². The lowest BCUT2D eigenvalue weighted by Gasteiger charge is -2.51. The molecule has 0 spiro atoms. The average molecular weight is 669 g/mol. The molecule has 7 heteroatoms. The van der Waals surface area contributed by atoms with E-state index in [0.717, 1.165) is 33.4 Å². The van der Waals surface area contributed by atoms with Crippen molar-refractivity contribution in [1.82, 2.24) is 0 Å². The SMILES string of the molecule is O=C(COC(=O)c1cccc(N2C(=O)[C@@H]3[C@@H](C2=O)C2c4ccccc4C3(Br)c3ccccc32)c1)c1ccc(-c2ccccc2)cc1. The number of nitrogens with zero attached hydrogens (tertiary/aromatic N) is 1. The zero-order valence-electron chi connectivity index (χ0n) is 24.4. The Morgan fingerprint density at radius 1 is 0.674 bits per heavy atom. The van der Waals surface area contributed by atoms with Crippen LogP contribution < -0.4 is 4.90 Å². The molecule has 2 bridgehead atoms. The molecular formula is C39H26BrNO5. The van der Waals surface area contributed by atoms with Gasteiger partial charge in [0.15, 0.2) is 12.4 Å². The highest BCUT2D eigenvalue weighted by atomic mass is 79.9. The van der Waals surface area contributed by atoms with Crippen LogP contribution in [-0.4, -0.2) is 30.2 Å². The van der Waals surface area contributed by atoms with E-state index in [1.807, 2.05) is 91.0 Å². The number of ketones is 1. The Bertz CT molecular complexity index is 2020. The van der Waals surface area contributed by atoms with Crippen LogP contribution in [0.15, 0.2) is 127 Å². The van der Waals surface area contributed by atoms with Crippen LogP contribution in [0.2, 0.25) is 0 Å². The summed E-state index contributed by atoms with van der Waals surface area (Å²) in [7, 11) is 0. The molecule has 224 valence electrons. The van der Waals surface area contributed by atoms with Crippen molar-refractivity contribution in [2.75, 3.05) is 11.5 Å². The molecule has 0 saturated carbocycles. The van der Waals surface area contributed by atoms with Gasteiger partial charge in [0, 0.05) is 11.5 Å². The minimum absolute atomic E-state index is 0.142. The number of rotatable bonds is 6. The molecule has 0 N–H and O–H groups in total. The van der Waals surface area contributed by atoms with E-state index in [1.165, 1.54) is 11.0 Å². The Kier molecular flexibility index (Phi) is 6.62. The minimum atomic E-state index is -0.864. The summed E-state index contributed by atoms with van der Waals surface area (Å²) >= 11 is 4.01. The van der Waals surface area contributed by atoms with Crippen LogP contribution in [0.1, 0.15) is 48.9 Å². The molecule has 1 saturated heterocycles. The number of benzene rings is 5. The van der Waals surface area contributed by atoms with Gasteiger partial charge in [0.25, 0.3) is 0 Å². The molecule has 0 radical (unpaired) electrons. The van der Waals surface area contributed by atoms with Crippen molar-refractivity contribution >= 4 is 45.2 Å². The maximum atomic E-state index is 14.2. The second-order valence-electron chi connectivity index (χ2n) is 11.9. The number of Topliss-reactive ketones (excluding diaryl/α,β-unsaturated/α-hetero) is 1. The van der Waals surface area contributed by atoms with E-state index < -0.39 is 28.7 Å². The van der Waals surface area contributed by atoms with Crippen LogP contribution in [0.25, 0.3) is 11.1 Å². The third-order valence-electron chi connectivity index (χ3n) is 9.50. The van der Waals surface area contributed by atoms with Gasteiger partial charge in [-0.15, -0.1) is 0 Å². The zero-order chi connectivity index (χ0) is 31.6. The predicted molar refractivity (Wildman–Crippen MR) is 177 cm³/mol. The number of esters is 1. The largest absolute Gasteiger partial charge is 0.454 e. The van der Waals surface area contributed by atoms with Crippen LogP contribution in [-0.2, 0) is 18.7 Å². The highest BCUT2D eigenvalue weighted by molar-refractivity contribution is 9.09. The van der Waals surface area contributed by atoms with Gasteiger partial charge in [0.2, 0.25) is 11.8 Å². The average Bonchev–Trinajstić information content (AvgIpc) is 3.38. The molecule has 4 aliphatic rings. The summed E-state index contributed by atoms with van der Waals surface area (Å²) in [5.41, 5.74) is 6.96. The maximum absolute atomic E-state index is 14.2. The zero-order valence-corrected chi connectivity index (χ0v) is 26.0. The second-order valence-corrected chi connectivity index (χ2v) is 13.1. The normalized spacial score (nSPS) is 22.2. The van der Waals surface area contributed by atoms with Crippen LogP contribution >= 0.6 is 15.9 Å². The molecular weight excluding hydrogens is 642 g/mol. The highest BCUT2D eigenvalue weighted by Crippen LogP contribution is 2.66. The Balaban J connectivity index is 1.03. The lowest BCUT2D eigenvalue weighted by Crippen LogP contribution is -2.50. The molecule has 6 nitrogen and oxygen atoms in total. The molecule has 2 atom stereocenters. The molecule has 9 rings (SSSR count). The summed E-state index contributed by atoms with van der Waals surface area (Å²) in [5, 5.41) is 0. The molecule has 1 heterocycles. The number of hydrogen-bond acceptors (Lipinski definition) is 5. The first-order valence-corrected chi connectivity index (χ1v) is 15.9. The van der Waals surface area contributed by atoms with E-state index in [2.05, 4.69) is 15.9 Å². The predicted octanol–water partition coefficient (Wildman–Crippen LogP) is 7.30. The van der Waals surface area contributed by atoms with Gasteiger partial charge >= 0.3 is 5.97 Å². The molecule has 1 fully saturated rings. The first-order valence-electron chi connectivity index (χ1n) is 15.1. The van der Waals surface area contributed by atoms with Gasteiger partial charge in [-0.25, -0.2) is 9.69 Å². The van der Waals surface area contributed by atoms with Crippen molar-refractivity contribution in [3.63, 3.8) is 0 Å². The Morgan fingerprint density at radius 2 is 1.28 bits per heavy atom. The molecule has 5 aromatic rings. The minimum Gasteiger partial charge on any atom is -0.454 e. The van der Waals surface area contributed by atoms with Gasteiger partial charge in [0.1, 0.15) is 0 Å².